The highest BCUT2D eigenvalue weighted by Crippen LogP contribution is 2.14. The van der Waals surface area contributed by atoms with Crippen molar-refractivity contribution in [1.82, 2.24) is 0 Å². The van der Waals surface area contributed by atoms with E-state index in [4.69, 9.17) is 9.47 Å². The third-order valence-electron chi connectivity index (χ3n) is 2.13. The summed E-state index contributed by atoms with van der Waals surface area (Å²) in [4.78, 5) is 0. The minimum atomic E-state index is -2.05. The fourth-order valence-corrected chi connectivity index (χ4v) is 1.62. The van der Waals surface area contributed by atoms with Crippen LogP contribution in [0.5, 0.6) is 0 Å². The average molecular weight is 207 g/mol. The smallest absolute Gasteiger partial charge is 0.104 e. The Bertz CT molecular complexity index is 181. The van der Waals surface area contributed by atoms with Gasteiger partial charge in [0.05, 0.1) is 19.3 Å². The van der Waals surface area contributed by atoms with Crippen molar-refractivity contribution < 1.29 is 18.2 Å². The van der Waals surface area contributed by atoms with Crippen molar-refractivity contribution in [3.63, 3.8) is 0 Å². The van der Waals surface area contributed by atoms with Crippen LogP contribution >= 0.6 is 0 Å². The van der Waals surface area contributed by atoms with Gasteiger partial charge >= 0.3 is 0 Å². The second-order valence-corrected chi connectivity index (χ2v) is 4.47. The van der Waals surface area contributed by atoms with Gasteiger partial charge < -0.3 is 14.0 Å². The molecule has 4 nitrogen and oxygen atoms in total. The molecule has 1 heterocycles. The molecule has 5 heteroatoms. The van der Waals surface area contributed by atoms with Crippen LogP contribution in [0.25, 0.3) is 0 Å². The predicted octanol–water partition coefficient (Wildman–Crippen LogP) is 0.448. The molecule has 0 radical (unpaired) electrons. The zero-order chi connectivity index (χ0) is 9.84. The number of hydrogen-bond acceptors (Lipinski definition) is 4. The Morgan fingerprint density at radius 1 is 1.77 bits per heavy atom. The van der Waals surface area contributed by atoms with Crippen LogP contribution in [0, 0.1) is 0 Å². The Balaban J connectivity index is 2.26. The summed E-state index contributed by atoms with van der Waals surface area (Å²) in [6.07, 6.45) is 0.700. The summed E-state index contributed by atoms with van der Waals surface area (Å²) in [6, 6.07) is 0. The Labute approximate surface area is 80.9 Å². The Kier molecular flexibility index (Phi) is 4.31. The maximum atomic E-state index is 10.6. The number of rotatable bonds is 6. The van der Waals surface area contributed by atoms with Gasteiger partial charge in [-0.2, -0.15) is 0 Å². The van der Waals surface area contributed by atoms with Gasteiger partial charge in [-0.05, 0) is 24.4 Å². The fraction of sp³-hybridized carbons (Fsp3) is 1.00. The SMILES string of the molecule is CCC(OCC1CO1)C(C)S(=O)[O-]. The molecule has 1 aliphatic rings. The predicted molar refractivity (Wildman–Crippen MR) is 48.2 cm³/mol. The van der Waals surface area contributed by atoms with Gasteiger partial charge in [0.25, 0.3) is 0 Å². The molecule has 0 amide bonds. The van der Waals surface area contributed by atoms with Gasteiger partial charge in [0.1, 0.15) is 6.10 Å². The van der Waals surface area contributed by atoms with Crippen LogP contribution < -0.4 is 0 Å². The highest BCUT2D eigenvalue weighted by molar-refractivity contribution is 7.79. The van der Waals surface area contributed by atoms with Gasteiger partial charge in [-0.1, -0.05) is 6.92 Å². The standard InChI is InChI=1S/C8H16O4S/c1-3-8(6(2)13(9)10)12-5-7-4-11-7/h6-8H,3-5H2,1-2H3,(H,9,10)/p-1. The maximum absolute atomic E-state index is 10.6. The molecule has 0 N–H and O–H groups in total. The molecular weight excluding hydrogens is 192 g/mol. The van der Waals surface area contributed by atoms with E-state index in [0.29, 0.717) is 13.0 Å². The lowest BCUT2D eigenvalue weighted by Gasteiger charge is -2.24. The molecule has 0 aromatic carbocycles. The monoisotopic (exact) mass is 207 g/mol. The summed E-state index contributed by atoms with van der Waals surface area (Å²) in [5.41, 5.74) is 0. The second-order valence-electron chi connectivity index (χ2n) is 3.20. The minimum absolute atomic E-state index is 0.196. The van der Waals surface area contributed by atoms with E-state index in [0.717, 1.165) is 6.61 Å². The minimum Gasteiger partial charge on any atom is -0.772 e. The molecule has 13 heavy (non-hydrogen) atoms. The second kappa shape index (κ2) is 5.05. The molecule has 1 rings (SSSR count). The summed E-state index contributed by atoms with van der Waals surface area (Å²) in [6.45, 7) is 4.83. The van der Waals surface area contributed by atoms with Crippen molar-refractivity contribution in [2.45, 2.75) is 37.7 Å². The zero-order valence-corrected chi connectivity index (χ0v) is 8.71. The zero-order valence-electron chi connectivity index (χ0n) is 7.89. The molecule has 0 bridgehead atoms. The van der Waals surface area contributed by atoms with Gasteiger partial charge in [0.15, 0.2) is 0 Å². The van der Waals surface area contributed by atoms with Crippen LogP contribution in [0.1, 0.15) is 20.3 Å². The van der Waals surface area contributed by atoms with E-state index >= 15 is 0 Å². The molecule has 0 aromatic heterocycles. The van der Waals surface area contributed by atoms with Gasteiger partial charge in [-0.3, -0.25) is 4.21 Å². The summed E-state index contributed by atoms with van der Waals surface area (Å²) < 4.78 is 31.7. The van der Waals surface area contributed by atoms with E-state index in [2.05, 4.69) is 0 Å². The Morgan fingerprint density at radius 3 is 2.77 bits per heavy atom. The molecule has 0 aliphatic carbocycles. The first-order valence-electron chi connectivity index (χ1n) is 4.46. The van der Waals surface area contributed by atoms with Gasteiger partial charge in [0, 0.05) is 5.25 Å². The number of ether oxygens (including phenoxy) is 2. The van der Waals surface area contributed by atoms with Crippen molar-refractivity contribution in [1.29, 1.82) is 0 Å². The van der Waals surface area contributed by atoms with Crippen LogP contribution in [0.3, 0.4) is 0 Å². The molecule has 0 spiro atoms. The van der Waals surface area contributed by atoms with Crippen LogP contribution in [-0.4, -0.2) is 39.4 Å². The van der Waals surface area contributed by atoms with Crippen molar-refractivity contribution in [3.05, 3.63) is 0 Å². The normalized spacial score (nSPS) is 28.1. The summed E-state index contributed by atoms with van der Waals surface area (Å²) in [5.74, 6) is 0. The molecule has 1 fully saturated rings. The van der Waals surface area contributed by atoms with E-state index < -0.39 is 16.3 Å². The number of epoxide rings is 1. The van der Waals surface area contributed by atoms with Crippen LogP contribution in [0.2, 0.25) is 0 Å². The molecule has 1 saturated heterocycles. The first kappa shape index (κ1) is 11.1. The summed E-state index contributed by atoms with van der Waals surface area (Å²) >= 11 is -2.05. The molecule has 0 saturated carbocycles. The van der Waals surface area contributed by atoms with Crippen LogP contribution in [0.4, 0.5) is 0 Å². The maximum Gasteiger partial charge on any atom is 0.104 e. The lowest BCUT2D eigenvalue weighted by atomic mass is 10.2. The number of hydrogen-bond donors (Lipinski definition) is 0. The topological polar surface area (TPSA) is 61.9 Å². The highest BCUT2D eigenvalue weighted by Gasteiger charge is 2.25. The molecule has 0 aromatic rings. The van der Waals surface area contributed by atoms with Crippen molar-refractivity contribution >= 4 is 11.1 Å². The van der Waals surface area contributed by atoms with E-state index in [1.807, 2.05) is 6.92 Å². The average Bonchev–Trinajstić information content (AvgIpc) is 2.88. The van der Waals surface area contributed by atoms with Crippen molar-refractivity contribution in [3.8, 4) is 0 Å². The Hall–Kier alpha value is 0.0300. The highest BCUT2D eigenvalue weighted by atomic mass is 32.2. The van der Waals surface area contributed by atoms with Crippen LogP contribution in [-0.2, 0) is 20.6 Å². The molecule has 78 valence electrons. The van der Waals surface area contributed by atoms with Gasteiger partial charge in [0.2, 0.25) is 0 Å². The van der Waals surface area contributed by atoms with Crippen LogP contribution in [0.15, 0.2) is 0 Å². The van der Waals surface area contributed by atoms with Crippen molar-refractivity contribution in [2.75, 3.05) is 13.2 Å². The third-order valence-corrected chi connectivity index (χ3v) is 3.04. The van der Waals surface area contributed by atoms with E-state index in [1.54, 1.807) is 6.92 Å². The van der Waals surface area contributed by atoms with Gasteiger partial charge in [-0.25, -0.2) is 0 Å². The molecular formula is C8H15O4S-. The Morgan fingerprint density at radius 2 is 2.38 bits per heavy atom. The quantitative estimate of drug-likeness (QED) is 0.468. The lowest BCUT2D eigenvalue weighted by Crippen LogP contribution is -2.30. The molecule has 1 aliphatic heterocycles. The summed E-state index contributed by atoms with van der Waals surface area (Å²) in [7, 11) is 0. The first-order valence-corrected chi connectivity index (χ1v) is 5.60. The lowest BCUT2D eigenvalue weighted by molar-refractivity contribution is 0.0398. The third kappa shape index (κ3) is 3.72. The van der Waals surface area contributed by atoms with E-state index in [1.165, 1.54) is 0 Å². The molecule has 4 unspecified atom stereocenters. The first-order chi connectivity index (χ1) is 6.15. The fourth-order valence-electron chi connectivity index (χ4n) is 1.10. The van der Waals surface area contributed by atoms with E-state index in [-0.39, 0.29) is 12.2 Å². The summed E-state index contributed by atoms with van der Waals surface area (Å²) in [5, 5.41) is -0.441. The molecule has 4 atom stereocenters. The van der Waals surface area contributed by atoms with Crippen molar-refractivity contribution in [2.24, 2.45) is 0 Å². The largest absolute Gasteiger partial charge is 0.772 e. The van der Waals surface area contributed by atoms with Gasteiger partial charge in [-0.15, -0.1) is 0 Å². The van der Waals surface area contributed by atoms with E-state index in [9.17, 15) is 8.76 Å².